The van der Waals surface area contributed by atoms with E-state index in [9.17, 15) is 0 Å². The Morgan fingerprint density at radius 2 is 1.86 bits per heavy atom. The molecule has 0 heterocycles. The van der Waals surface area contributed by atoms with Crippen LogP contribution in [0, 0.1) is 0 Å². The van der Waals surface area contributed by atoms with E-state index in [4.69, 9.17) is 11.6 Å². The summed E-state index contributed by atoms with van der Waals surface area (Å²) in [5.41, 5.74) is 4.23. The van der Waals surface area contributed by atoms with E-state index in [1.807, 2.05) is 12.1 Å². The first-order chi connectivity index (χ1) is 10.2. The van der Waals surface area contributed by atoms with Gasteiger partial charge in [-0.2, -0.15) is 0 Å². The predicted octanol–water partition coefficient (Wildman–Crippen LogP) is 4.94. The van der Waals surface area contributed by atoms with Crippen molar-refractivity contribution in [2.75, 3.05) is 0 Å². The molecule has 110 valence electrons. The predicted molar refractivity (Wildman–Crippen MR) is 89.9 cm³/mol. The maximum absolute atomic E-state index is 5.92. The third-order valence-electron chi connectivity index (χ3n) is 4.11. The Bertz CT molecular complexity index is 587. The van der Waals surface area contributed by atoms with Gasteiger partial charge in [0.1, 0.15) is 0 Å². The number of halogens is 1. The minimum absolute atomic E-state index is 0.454. The Balaban J connectivity index is 1.52. The Morgan fingerprint density at radius 3 is 2.57 bits per heavy atom. The first-order valence-corrected chi connectivity index (χ1v) is 8.15. The Hall–Kier alpha value is -1.31. The summed E-state index contributed by atoms with van der Waals surface area (Å²) in [6, 6.07) is 17.6. The monoisotopic (exact) mass is 299 g/mol. The van der Waals surface area contributed by atoms with Crippen LogP contribution >= 0.6 is 11.6 Å². The molecule has 2 aromatic carbocycles. The summed E-state index contributed by atoms with van der Waals surface area (Å²) in [6.07, 6.45) is 3.76. The number of hydrogen-bond acceptors (Lipinski definition) is 1. The quantitative estimate of drug-likeness (QED) is 0.797. The van der Waals surface area contributed by atoms with Crippen LogP contribution in [0.4, 0.5) is 0 Å². The third-order valence-corrected chi connectivity index (χ3v) is 4.36. The molecule has 2 heteroatoms. The molecule has 1 aliphatic rings. The molecule has 3 rings (SSSR count). The minimum Gasteiger partial charge on any atom is -0.310 e. The van der Waals surface area contributed by atoms with Crippen molar-refractivity contribution in [1.29, 1.82) is 0 Å². The molecule has 1 aliphatic carbocycles. The molecular formula is C19H22ClN. The molecule has 0 bridgehead atoms. The lowest BCUT2D eigenvalue weighted by Crippen LogP contribution is -2.27. The minimum atomic E-state index is 0.454. The van der Waals surface area contributed by atoms with Crippen LogP contribution in [0.2, 0.25) is 5.02 Å². The van der Waals surface area contributed by atoms with Crippen LogP contribution in [0.1, 0.15) is 42.4 Å². The second-order valence-electron chi connectivity index (χ2n) is 6.13. The molecule has 1 N–H and O–H groups in total. The zero-order valence-corrected chi connectivity index (χ0v) is 13.2. The van der Waals surface area contributed by atoms with E-state index >= 15 is 0 Å². The van der Waals surface area contributed by atoms with Crippen LogP contribution in [-0.4, -0.2) is 6.04 Å². The molecule has 1 saturated carbocycles. The van der Waals surface area contributed by atoms with Gasteiger partial charge in [-0.15, -0.1) is 0 Å². The van der Waals surface area contributed by atoms with Crippen LogP contribution in [0.5, 0.6) is 0 Å². The van der Waals surface area contributed by atoms with Gasteiger partial charge in [-0.25, -0.2) is 0 Å². The van der Waals surface area contributed by atoms with Gasteiger partial charge in [-0.05, 0) is 60.9 Å². The van der Waals surface area contributed by atoms with Crippen molar-refractivity contribution < 1.29 is 0 Å². The maximum atomic E-state index is 5.92. The fourth-order valence-corrected chi connectivity index (χ4v) is 2.84. The molecule has 1 fully saturated rings. The second kappa shape index (κ2) is 6.64. The van der Waals surface area contributed by atoms with E-state index < -0.39 is 0 Å². The van der Waals surface area contributed by atoms with Gasteiger partial charge in [0.15, 0.2) is 0 Å². The van der Waals surface area contributed by atoms with Crippen molar-refractivity contribution in [3.63, 3.8) is 0 Å². The van der Waals surface area contributed by atoms with Gasteiger partial charge in [-0.1, -0.05) is 48.0 Å². The van der Waals surface area contributed by atoms with Crippen molar-refractivity contribution in [2.45, 2.75) is 44.7 Å². The summed E-state index contributed by atoms with van der Waals surface area (Å²) in [6.45, 7) is 3.18. The van der Waals surface area contributed by atoms with Gasteiger partial charge in [0.25, 0.3) is 0 Å². The van der Waals surface area contributed by atoms with Crippen LogP contribution < -0.4 is 5.32 Å². The molecule has 0 saturated heterocycles. The summed E-state index contributed by atoms with van der Waals surface area (Å²) in [7, 11) is 0. The normalized spacial score (nSPS) is 15.9. The van der Waals surface area contributed by atoms with Crippen molar-refractivity contribution in [1.82, 2.24) is 5.32 Å². The largest absolute Gasteiger partial charge is 0.310 e. The zero-order chi connectivity index (χ0) is 14.7. The first kappa shape index (κ1) is 14.6. The van der Waals surface area contributed by atoms with Gasteiger partial charge in [0.05, 0.1) is 0 Å². The maximum Gasteiger partial charge on any atom is 0.0406 e. The molecular weight excluding hydrogens is 278 g/mol. The van der Waals surface area contributed by atoms with Crippen molar-refractivity contribution in [2.24, 2.45) is 0 Å². The third kappa shape index (κ3) is 4.33. The smallest absolute Gasteiger partial charge is 0.0406 e. The molecule has 1 nitrogen and oxygen atoms in total. The Kier molecular flexibility index (Phi) is 4.62. The zero-order valence-electron chi connectivity index (χ0n) is 12.5. The highest BCUT2D eigenvalue weighted by atomic mass is 35.5. The lowest BCUT2D eigenvalue weighted by molar-refractivity contribution is 0.545. The molecule has 0 amide bonds. The average molecular weight is 300 g/mol. The van der Waals surface area contributed by atoms with E-state index in [0.29, 0.717) is 6.04 Å². The molecule has 21 heavy (non-hydrogen) atoms. The van der Waals surface area contributed by atoms with Gasteiger partial charge < -0.3 is 5.32 Å². The highest BCUT2D eigenvalue weighted by Gasteiger charge is 2.23. The van der Waals surface area contributed by atoms with E-state index in [-0.39, 0.29) is 0 Å². The van der Waals surface area contributed by atoms with Gasteiger partial charge in [-0.3, -0.25) is 0 Å². The van der Waals surface area contributed by atoms with Crippen molar-refractivity contribution >= 4 is 11.6 Å². The topological polar surface area (TPSA) is 12.0 Å². The highest BCUT2D eigenvalue weighted by molar-refractivity contribution is 6.30. The van der Waals surface area contributed by atoms with E-state index in [1.54, 1.807) is 0 Å². The molecule has 0 aromatic heterocycles. The summed E-state index contributed by atoms with van der Waals surface area (Å²) >= 11 is 5.92. The van der Waals surface area contributed by atoms with Gasteiger partial charge in [0, 0.05) is 17.6 Å². The Morgan fingerprint density at radius 1 is 1.10 bits per heavy atom. The fraction of sp³-hybridized carbons (Fsp3) is 0.368. The highest BCUT2D eigenvalue weighted by Crippen LogP contribution is 2.40. The fourth-order valence-electron chi connectivity index (χ4n) is 2.71. The summed E-state index contributed by atoms with van der Waals surface area (Å²) in [4.78, 5) is 0. The van der Waals surface area contributed by atoms with Gasteiger partial charge in [0.2, 0.25) is 0 Å². The first-order valence-electron chi connectivity index (χ1n) is 7.77. The number of rotatable bonds is 6. The standard InChI is InChI=1S/C19H22ClN/c1-14(11-15-5-9-19(20)10-6-15)21-13-16-3-2-4-18(12-16)17-7-8-17/h2-6,9-10,12,14,17,21H,7-8,11,13H2,1H3. The Labute approximate surface area is 132 Å². The second-order valence-corrected chi connectivity index (χ2v) is 6.57. The lowest BCUT2D eigenvalue weighted by Gasteiger charge is -2.14. The summed E-state index contributed by atoms with van der Waals surface area (Å²) < 4.78 is 0. The van der Waals surface area contributed by atoms with Crippen LogP contribution in [-0.2, 0) is 13.0 Å². The molecule has 2 aromatic rings. The SMILES string of the molecule is CC(Cc1ccc(Cl)cc1)NCc1cccc(C2CC2)c1. The number of hydrogen-bond donors (Lipinski definition) is 1. The molecule has 0 spiro atoms. The van der Waals surface area contributed by atoms with Crippen molar-refractivity contribution in [3.05, 3.63) is 70.2 Å². The lowest BCUT2D eigenvalue weighted by atomic mass is 10.1. The number of nitrogens with one attached hydrogen (secondary N) is 1. The average Bonchev–Trinajstić information content (AvgIpc) is 3.33. The van der Waals surface area contributed by atoms with Crippen LogP contribution in [0.25, 0.3) is 0 Å². The molecule has 1 atom stereocenters. The van der Waals surface area contributed by atoms with Crippen LogP contribution in [0.3, 0.4) is 0 Å². The van der Waals surface area contributed by atoms with Gasteiger partial charge >= 0.3 is 0 Å². The van der Waals surface area contributed by atoms with Crippen molar-refractivity contribution in [3.8, 4) is 0 Å². The molecule has 1 unspecified atom stereocenters. The molecule has 0 aliphatic heterocycles. The summed E-state index contributed by atoms with van der Waals surface area (Å²) in [5, 5.41) is 4.42. The van der Waals surface area contributed by atoms with E-state index in [0.717, 1.165) is 23.9 Å². The number of benzene rings is 2. The summed E-state index contributed by atoms with van der Waals surface area (Å²) in [5.74, 6) is 0.830. The van der Waals surface area contributed by atoms with E-state index in [1.165, 1.54) is 29.5 Å². The van der Waals surface area contributed by atoms with E-state index in [2.05, 4.69) is 48.6 Å². The van der Waals surface area contributed by atoms with Crippen LogP contribution in [0.15, 0.2) is 48.5 Å². The molecule has 0 radical (unpaired) electrons.